The predicted octanol–water partition coefficient (Wildman–Crippen LogP) is 5.01. The van der Waals surface area contributed by atoms with Crippen LogP contribution in [0.2, 0.25) is 0 Å². The maximum Gasteiger partial charge on any atom is 0.309 e. The molecule has 4 nitrogen and oxygen atoms in total. The number of unbranched alkanes of at least 4 members (excludes halogenated alkanes) is 1. The highest BCUT2D eigenvalue weighted by molar-refractivity contribution is 5.73. The average Bonchev–Trinajstić information content (AvgIpc) is 3.16. The van der Waals surface area contributed by atoms with Crippen molar-refractivity contribution in [2.24, 2.45) is 11.3 Å². The lowest BCUT2D eigenvalue weighted by atomic mass is 9.75. The number of carbonyl (C=O) groups excluding carboxylic acids is 1. The van der Waals surface area contributed by atoms with Gasteiger partial charge in [0.25, 0.3) is 0 Å². The molecule has 1 fully saturated rings. The summed E-state index contributed by atoms with van der Waals surface area (Å²) in [5, 5.41) is 0. The molecule has 0 aliphatic carbocycles. The van der Waals surface area contributed by atoms with Gasteiger partial charge in [-0.15, -0.1) is 0 Å². The van der Waals surface area contributed by atoms with E-state index in [-0.39, 0.29) is 17.3 Å². The second kappa shape index (κ2) is 7.31. The summed E-state index contributed by atoms with van der Waals surface area (Å²) in [7, 11) is 0. The Bertz CT molecular complexity index is 369. The van der Waals surface area contributed by atoms with Crippen LogP contribution >= 0.6 is 0 Å². The second-order valence-corrected chi connectivity index (χ2v) is 7.85. The molecule has 22 heavy (non-hydrogen) atoms. The molecular formula is C18H34O4. The summed E-state index contributed by atoms with van der Waals surface area (Å²) < 4.78 is 5.92. The first-order valence-corrected chi connectivity index (χ1v) is 8.66. The minimum Gasteiger partial charge on any atom is -0.459 e. The van der Waals surface area contributed by atoms with Crippen LogP contribution in [-0.2, 0) is 19.3 Å². The highest BCUT2D eigenvalue weighted by Crippen LogP contribution is 2.39. The largest absolute Gasteiger partial charge is 0.459 e. The molecule has 1 aliphatic rings. The van der Waals surface area contributed by atoms with Crippen LogP contribution in [0.4, 0.5) is 0 Å². The third-order valence-corrected chi connectivity index (χ3v) is 5.42. The van der Waals surface area contributed by atoms with E-state index in [0.717, 1.165) is 38.5 Å². The van der Waals surface area contributed by atoms with Gasteiger partial charge in [0.2, 0.25) is 5.79 Å². The van der Waals surface area contributed by atoms with E-state index in [2.05, 4.69) is 27.7 Å². The molecule has 1 saturated heterocycles. The van der Waals surface area contributed by atoms with Crippen LogP contribution in [-0.4, -0.2) is 17.4 Å². The van der Waals surface area contributed by atoms with Crippen molar-refractivity contribution in [2.75, 3.05) is 0 Å². The van der Waals surface area contributed by atoms with Crippen molar-refractivity contribution < 1.29 is 19.3 Å². The van der Waals surface area contributed by atoms with Gasteiger partial charge in [0.15, 0.2) is 0 Å². The smallest absolute Gasteiger partial charge is 0.309 e. The summed E-state index contributed by atoms with van der Waals surface area (Å²) in [6.45, 7) is 14.5. The lowest BCUT2D eigenvalue weighted by Crippen LogP contribution is -2.44. The Morgan fingerprint density at radius 1 is 1.14 bits per heavy atom. The standard InChI is InChI=1S/C18H34O4/c1-8-10-11-14(12-13-18(7)21-22-18)15(19)20-17(5,6)16(3,4)9-2/h14H,8-13H2,1-7H3. The Kier molecular flexibility index (Phi) is 6.46. The maximum absolute atomic E-state index is 12.7. The van der Waals surface area contributed by atoms with Crippen LogP contribution in [0.3, 0.4) is 0 Å². The van der Waals surface area contributed by atoms with Gasteiger partial charge >= 0.3 is 5.97 Å². The number of hydrogen-bond acceptors (Lipinski definition) is 4. The van der Waals surface area contributed by atoms with E-state index in [9.17, 15) is 4.79 Å². The molecule has 1 aliphatic heterocycles. The van der Waals surface area contributed by atoms with Crippen molar-refractivity contribution in [3.05, 3.63) is 0 Å². The van der Waals surface area contributed by atoms with Crippen LogP contribution in [0.15, 0.2) is 0 Å². The molecule has 0 radical (unpaired) electrons. The zero-order valence-corrected chi connectivity index (χ0v) is 15.5. The van der Waals surface area contributed by atoms with E-state index in [4.69, 9.17) is 14.5 Å². The molecule has 1 rings (SSSR count). The lowest BCUT2D eigenvalue weighted by molar-refractivity contribution is -0.174. The fourth-order valence-corrected chi connectivity index (χ4v) is 2.32. The molecule has 1 heterocycles. The summed E-state index contributed by atoms with van der Waals surface area (Å²) >= 11 is 0. The van der Waals surface area contributed by atoms with Crippen LogP contribution in [0.1, 0.15) is 87.0 Å². The Morgan fingerprint density at radius 2 is 1.73 bits per heavy atom. The van der Waals surface area contributed by atoms with Gasteiger partial charge in [-0.3, -0.25) is 4.79 Å². The van der Waals surface area contributed by atoms with Gasteiger partial charge in [0.1, 0.15) is 5.60 Å². The molecule has 4 heteroatoms. The monoisotopic (exact) mass is 314 g/mol. The maximum atomic E-state index is 12.7. The lowest BCUT2D eigenvalue weighted by Gasteiger charge is -2.41. The first-order valence-electron chi connectivity index (χ1n) is 8.66. The SMILES string of the molecule is CCCCC(CCC1(C)OO1)C(=O)OC(C)(C)C(C)(C)CC. The molecule has 0 bridgehead atoms. The van der Waals surface area contributed by atoms with E-state index >= 15 is 0 Å². The Labute approximate surface area is 135 Å². The van der Waals surface area contributed by atoms with Crippen molar-refractivity contribution in [3.8, 4) is 0 Å². The van der Waals surface area contributed by atoms with Crippen molar-refractivity contribution in [1.82, 2.24) is 0 Å². The summed E-state index contributed by atoms with van der Waals surface area (Å²) in [5.41, 5.74) is -0.521. The molecule has 130 valence electrons. The van der Waals surface area contributed by atoms with E-state index < -0.39 is 11.4 Å². The van der Waals surface area contributed by atoms with Gasteiger partial charge in [-0.1, -0.05) is 40.5 Å². The first-order chi connectivity index (χ1) is 10.1. The number of esters is 1. The van der Waals surface area contributed by atoms with Gasteiger partial charge in [0, 0.05) is 11.8 Å². The topological polar surface area (TPSA) is 51.4 Å². The number of carbonyl (C=O) groups is 1. The molecule has 0 amide bonds. The van der Waals surface area contributed by atoms with Crippen molar-refractivity contribution in [3.63, 3.8) is 0 Å². The molecule has 0 saturated carbocycles. The Hall–Kier alpha value is -0.610. The molecule has 1 atom stereocenters. The molecule has 0 spiro atoms. The van der Waals surface area contributed by atoms with Crippen LogP contribution in [0, 0.1) is 11.3 Å². The summed E-state index contributed by atoms with van der Waals surface area (Å²) in [5.74, 6) is -0.635. The minimum atomic E-state index is -0.483. The molecular weight excluding hydrogens is 280 g/mol. The molecule has 0 aromatic carbocycles. The van der Waals surface area contributed by atoms with E-state index in [1.165, 1.54) is 0 Å². The number of ether oxygens (including phenoxy) is 1. The first kappa shape index (κ1) is 19.4. The molecule has 0 aromatic rings. The molecule has 1 unspecified atom stereocenters. The second-order valence-electron chi connectivity index (χ2n) is 7.85. The van der Waals surface area contributed by atoms with E-state index in [1.54, 1.807) is 0 Å². The Balaban J connectivity index is 2.65. The summed E-state index contributed by atoms with van der Waals surface area (Å²) in [6.07, 6.45) is 5.43. The minimum absolute atomic E-state index is 0.0489. The van der Waals surface area contributed by atoms with Gasteiger partial charge < -0.3 is 4.74 Å². The average molecular weight is 314 g/mol. The molecule has 0 N–H and O–H groups in total. The number of rotatable bonds is 10. The third-order valence-electron chi connectivity index (χ3n) is 5.42. The quantitative estimate of drug-likeness (QED) is 0.323. The highest BCUT2D eigenvalue weighted by atomic mass is 17.4. The predicted molar refractivity (Wildman–Crippen MR) is 87.1 cm³/mol. The van der Waals surface area contributed by atoms with Crippen LogP contribution < -0.4 is 0 Å². The van der Waals surface area contributed by atoms with Crippen molar-refractivity contribution >= 4 is 5.97 Å². The van der Waals surface area contributed by atoms with Gasteiger partial charge in [-0.2, -0.15) is 9.78 Å². The molecule has 0 aromatic heterocycles. The highest BCUT2D eigenvalue weighted by Gasteiger charge is 2.45. The van der Waals surface area contributed by atoms with E-state index in [1.807, 2.05) is 20.8 Å². The zero-order chi connectivity index (χ0) is 17.0. The number of hydrogen-bond donors (Lipinski definition) is 0. The van der Waals surface area contributed by atoms with Gasteiger partial charge in [-0.25, -0.2) is 0 Å². The van der Waals surface area contributed by atoms with Crippen LogP contribution in [0.5, 0.6) is 0 Å². The van der Waals surface area contributed by atoms with Crippen LogP contribution in [0.25, 0.3) is 0 Å². The zero-order valence-electron chi connectivity index (χ0n) is 15.5. The third kappa shape index (κ3) is 5.24. The van der Waals surface area contributed by atoms with Crippen molar-refractivity contribution in [2.45, 2.75) is 98.4 Å². The van der Waals surface area contributed by atoms with Crippen molar-refractivity contribution in [1.29, 1.82) is 0 Å². The summed E-state index contributed by atoms with van der Waals surface area (Å²) in [6, 6.07) is 0. The van der Waals surface area contributed by atoms with Gasteiger partial charge in [-0.05, 0) is 40.0 Å². The fraction of sp³-hybridized carbons (Fsp3) is 0.944. The summed E-state index contributed by atoms with van der Waals surface area (Å²) in [4.78, 5) is 22.6. The normalized spacial score (nSPS) is 18.9. The fourth-order valence-electron chi connectivity index (χ4n) is 2.32. The Morgan fingerprint density at radius 3 is 2.18 bits per heavy atom. The van der Waals surface area contributed by atoms with E-state index in [0.29, 0.717) is 0 Å². The van der Waals surface area contributed by atoms with Gasteiger partial charge in [0.05, 0.1) is 5.92 Å².